The van der Waals surface area contributed by atoms with Crippen LogP contribution in [-0.2, 0) is 19.1 Å². The van der Waals surface area contributed by atoms with Gasteiger partial charge in [-0.05, 0) is 26.0 Å². The zero-order valence-corrected chi connectivity index (χ0v) is 16.8. The van der Waals surface area contributed by atoms with E-state index in [0.717, 1.165) is 11.4 Å². The number of hydrogen-bond donors (Lipinski definition) is 2. The molecule has 154 valence electrons. The summed E-state index contributed by atoms with van der Waals surface area (Å²) in [6, 6.07) is 8.93. The van der Waals surface area contributed by atoms with E-state index in [1.165, 1.54) is 7.11 Å². The fourth-order valence-corrected chi connectivity index (χ4v) is 3.42. The van der Waals surface area contributed by atoms with E-state index in [2.05, 4.69) is 20.5 Å². The first kappa shape index (κ1) is 20.5. The van der Waals surface area contributed by atoms with Crippen molar-refractivity contribution in [3.8, 4) is 5.69 Å². The zero-order valence-electron chi connectivity index (χ0n) is 16.8. The number of hydrogen-bond acceptors (Lipinski definition) is 6. The number of amides is 2. The second-order valence-electron chi connectivity index (χ2n) is 6.90. The predicted octanol–water partition coefficient (Wildman–Crippen LogP) is 0.791. The van der Waals surface area contributed by atoms with Crippen molar-refractivity contribution in [1.82, 2.24) is 20.0 Å². The summed E-state index contributed by atoms with van der Waals surface area (Å²) in [6.07, 6.45) is -0.0976. The topological polar surface area (TPSA) is 106 Å². The first-order valence-corrected chi connectivity index (χ1v) is 9.40. The van der Waals surface area contributed by atoms with Crippen molar-refractivity contribution < 1.29 is 19.1 Å². The minimum atomic E-state index is -0.726. The lowest BCUT2D eigenvalue weighted by Crippen LogP contribution is -2.57. The Balaban J connectivity index is 1.72. The molecule has 1 saturated heterocycles. The molecule has 0 bridgehead atoms. The summed E-state index contributed by atoms with van der Waals surface area (Å²) < 4.78 is 6.45. The molecule has 0 radical (unpaired) electrons. The van der Waals surface area contributed by atoms with Crippen LogP contribution >= 0.6 is 0 Å². The molecule has 1 aliphatic heterocycles. The van der Waals surface area contributed by atoms with Gasteiger partial charge in [0, 0.05) is 13.1 Å². The number of aromatic nitrogens is 2. The minimum absolute atomic E-state index is 0.00945. The van der Waals surface area contributed by atoms with Gasteiger partial charge in [-0.15, -0.1) is 0 Å². The summed E-state index contributed by atoms with van der Waals surface area (Å²) >= 11 is 0. The monoisotopic (exact) mass is 399 g/mol. The van der Waals surface area contributed by atoms with Crippen molar-refractivity contribution in [2.24, 2.45) is 0 Å². The van der Waals surface area contributed by atoms with Crippen molar-refractivity contribution in [1.29, 1.82) is 0 Å². The fourth-order valence-electron chi connectivity index (χ4n) is 3.42. The molecule has 9 heteroatoms. The molecule has 2 aromatic rings. The molecule has 1 atom stereocenters. The average molecular weight is 399 g/mol. The number of benzene rings is 1. The van der Waals surface area contributed by atoms with Gasteiger partial charge in [0.05, 0.1) is 42.8 Å². The van der Waals surface area contributed by atoms with Gasteiger partial charge in [0.1, 0.15) is 6.04 Å². The molecule has 2 N–H and O–H groups in total. The molecule has 1 aliphatic rings. The molecular weight excluding hydrogens is 374 g/mol. The largest absolute Gasteiger partial charge is 0.469 e. The number of esters is 1. The van der Waals surface area contributed by atoms with Crippen LogP contribution < -0.4 is 10.6 Å². The summed E-state index contributed by atoms with van der Waals surface area (Å²) in [4.78, 5) is 38.2. The number of para-hydroxylation sites is 1. The van der Waals surface area contributed by atoms with Crippen molar-refractivity contribution in [3.05, 3.63) is 41.7 Å². The Bertz CT molecular complexity index is 909. The molecule has 3 rings (SSSR count). The van der Waals surface area contributed by atoms with Gasteiger partial charge >= 0.3 is 5.97 Å². The third-order valence-corrected chi connectivity index (χ3v) is 4.93. The van der Waals surface area contributed by atoms with E-state index in [9.17, 15) is 14.4 Å². The Hall–Kier alpha value is -3.20. The Morgan fingerprint density at radius 2 is 2.00 bits per heavy atom. The first-order valence-electron chi connectivity index (χ1n) is 9.40. The van der Waals surface area contributed by atoms with E-state index in [-0.39, 0.29) is 24.8 Å². The second kappa shape index (κ2) is 8.87. The number of carbonyl (C=O) groups excluding carboxylic acids is 3. The van der Waals surface area contributed by atoms with Crippen LogP contribution in [0.15, 0.2) is 30.3 Å². The number of nitrogens with zero attached hydrogens (tertiary/aromatic N) is 3. The highest BCUT2D eigenvalue weighted by Crippen LogP contribution is 2.23. The summed E-state index contributed by atoms with van der Waals surface area (Å²) in [5.74, 6) is -1.04. The first-order chi connectivity index (χ1) is 13.9. The Labute approximate surface area is 169 Å². The molecule has 29 heavy (non-hydrogen) atoms. The fraction of sp³-hybridized carbons (Fsp3) is 0.400. The predicted molar refractivity (Wildman–Crippen MR) is 107 cm³/mol. The summed E-state index contributed by atoms with van der Waals surface area (Å²) in [5, 5.41) is 10.1. The standard InChI is InChI=1S/C20H25N5O4/c1-13-19(14(2)25(23-13)15-7-5-4-6-8-15)22-17(26)12-24-10-9-21-20(28)16(24)11-18(27)29-3/h4-8,16H,9-12H2,1-3H3,(H,21,28)(H,22,26)/t16-/m1/s1. The van der Waals surface area contributed by atoms with E-state index >= 15 is 0 Å². The lowest BCUT2D eigenvalue weighted by molar-refractivity contribution is -0.146. The Morgan fingerprint density at radius 3 is 2.69 bits per heavy atom. The summed E-state index contributed by atoms with van der Waals surface area (Å²) in [5.41, 5.74) is 3.05. The number of nitrogens with one attached hydrogen (secondary N) is 2. The highest BCUT2D eigenvalue weighted by atomic mass is 16.5. The normalized spacial score (nSPS) is 16.9. The van der Waals surface area contributed by atoms with E-state index in [4.69, 9.17) is 0 Å². The van der Waals surface area contributed by atoms with Crippen molar-refractivity contribution >= 4 is 23.5 Å². The van der Waals surface area contributed by atoms with Crippen molar-refractivity contribution in [3.63, 3.8) is 0 Å². The molecule has 0 spiro atoms. The van der Waals surface area contributed by atoms with Crippen LogP contribution in [-0.4, -0.2) is 65.2 Å². The average Bonchev–Trinajstić information content (AvgIpc) is 2.99. The highest BCUT2D eigenvalue weighted by molar-refractivity contribution is 5.94. The minimum Gasteiger partial charge on any atom is -0.469 e. The molecule has 2 amide bonds. The molecule has 1 aromatic heterocycles. The van der Waals surface area contributed by atoms with Crippen LogP contribution in [0.2, 0.25) is 0 Å². The maximum absolute atomic E-state index is 12.7. The molecule has 2 heterocycles. The van der Waals surface area contributed by atoms with Gasteiger partial charge in [0.25, 0.3) is 0 Å². The second-order valence-corrected chi connectivity index (χ2v) is 6.90. The molecule has 0 saturated carbocycles. The number of piperazine rings is 1. The molecule has 0 unspecified atom stereocenters. The van der Waals surface area contributed by atoms with Crippen LogP contribution in [0, 0.1) is 13.8 Å². The Kier molecular flexibility index (Phi) is 6.28. The number of rotatable bonds is 6. The third kappa shape index (κ3) is 4.62. The van der Waals surface area contributed by atoms with E-state index in [1.54, 1.807) is 9.58 Å². The van der Waals surface area contributed by atoms with Gasteiger partial charge in [0.2, 0.25) is 11.8 Å². The highest BCUT2D eigenvalue weighted by Gasteiger charge is 2.33. The van der Waals surface area contributed by atoms with Crippen LogP contribution in [0.25, 0.3) is 5.69 Å². The van der Waals surface area contributed by atoms with Gasteiger partial charge in [-0.2, -0.15) is 5.10 Å². The Morgan fingerprint density at radius 1 is 1.28 bits per heavy atom. The SMILES string of the molecule is COC(=O)C[C@@H]1C(=O)NCCN1CC(=O)Nc1c(C)nn(-c2ccccc2)c1C. The van der Waals surface area contributed by atoms with Gasteiger partial charge < -0.3 is 15.4 Å². The zero-order chi connectivity index (χ0) is 21.0. The lowest BCUT2D eigenvalue weighted by Gasteiger charge is -2.33. The molecule has 9 nitrogen and oxygen atoms in total. The number of carbonyl (C=O) groups is 3. The molecule has 0 aliphatic carbocycles. The van der Waals surface area contributed by atoms with Gasteiger partial charge in [0.15, 0.2) is 0 Å². The molecule has 1 aromatic carbocycles. The van der Waals surface area contributed by atoms with Crippen LogP contribution in [0.4, 0.5) is 5.69 Å². The van der Waals surface area contributed by atoms with Crippen LogP contribution in [0.5, 0.6) is 0 Å². The van der Waals surface area contributed by atoms with Crippen LogP contribution in [0.3, 0.4) is 0 Å². The van der Waals surface area contributed by atoms with Crippen molar-refractivity contribution in [2.75, 3.05) is 32.1 Å². The van der Waals surface area contributed by atoms with Gasteiger partial charge in [-0.25, -0.2) is 4.68 Å². The number of aryl methyl sites for hydroxylation is 1. The summed E-state index contributed by atoms with van der Waals surface area (Å²) in [7, 11) is 1.27. The third-order valence-electron chi connectivity index (χ3n) is 4.93. The van der Waals surface area contributed by atoms with E-state index < -0.39 is 12.0 Å². The maximum atomic E-state index is 12.7. The van der Waals surface area contributed by atoms with E-state index in [1.807, 2.05) is 44.2 Å². The molecular formula is C20H25N5O4. The number of anilines is 1. The smallest absolute Gasteiger partial charge is 0.307 e. The summed E-state index contributed by atoms with van der Waals surface area (Å²) in [6.45, 7) is 4.60. The lowest BCUT2D eigenvalue weighted by atomic mass is 10.1. The van der Waals surface area contributed by atoms with Gasteiger partial charge in [-0.3, -0.25) is 19.3 Å². The molecule has 1 fully saturated rings. The maximum Gasteiger partial charge on any atom is 0.307 e. The quantitative estimate of drug-likeness (QED) is 0.696. The number of ether oxygens (including phenoxy) is 1. The van der Waals surface area contributed by atoms with E-state index in [0.29, 0.717) is 24.5 Å². The van der Waals surface area contributed by atoms with Crippen LogP contribution in [0.1, 0.15) is 17.8 Å². The van der Waals surface area contributed by atoms with Gasteiger partial charge in [-0.1, -0.05) is 18.2 Å². The number of methoxy groups -OCH3 is 1. The van der Waals surface area contributed by atoms with Crippen molar-refractivity contribution in [2.45, 2.75) is 26.3 Å².